The summed E-state index contributed by atoms with van der Waals surface area (Å²) in [6, 6.07) is 13.5. The van der Waals surface area contributed by atoms with Gasteiger partial charge in [-0.05, 0) is 24.7 Å². The quantitative estimate of drug-likeness (QED) is 0.858. The normalized spacial score (nSPS) is 12.9. The molecule has 0 aliphatic carbocycles. The molecule has 17 heavy (non-hydrogen) atoms. The van der Waals surface area contributed by atoms with Gasteiger partial charge in [-0.15, -0.1) is 0 Å². The summed E-state index contributed by atoms with van der Waals surface area (Å²) in [6.07, 6.45) is 1.20. The lowest BCUT2D eigenvalue weighted by molar-refractivity contribution is 0.120. The van der Waals surface area contributed by atoms with Gasteiger partial charge in [0.05, 0.1) is 18.9 Å². The predicted molar refractivity (Wildman–Crippen MR) is 66.4 cm³/mol. The van der Waals surface area contributed by atoms with Crippen LogP contribution in [0.1, 0.15) is 17.4 Å². The summed E-state index contributed by atoms with van der Waals surface area (Å²) in [7, 11) is 1.97. The van der Waals surface area contributed by atoms with Gasteiger partial charge in [0.25, 0.3) is 0 Å². The van der Waals surface area contributed by atoms with Crippen LogP contribution in [0.15, 0.2) is 53.1 Å². The molecule has 0 spiro atoms. The Kier molecular flexibility index (Phi) is 3.96. The summed E-state index contributed by atoms with van der Waals surface area (Å²) < 4.78 is 5.27. The largest absolute Gasteiger partial charge is 0.468 e. The molecular weight excluding hydrogens is 214 g/mol. The van der Waals surface area contributed by atoms with Crippen LogP contribution >= 0.6 is 0 Å². The first kappa shape index (κ1) is 11.9. The van der Waals surface area contributed by atoms with E-state index in [0.29, 0.717) is 13.1 Å². The molecule has 0 saturated carbocycles. The average Bonchev–Trinajstić information content (AvgIpc) is 2.82. The molecule has 2 rings (SSSR count). The van der Waals surface area contributed by atoms with Gasteiger partial charge >= 0.3 is 0 Å². The number of likely N-dealkylation sites (N-methyl/N-ethyl adjacent to an activating group) is 1. The van der Waals surface area contributed by atoms with Crippen LogP contribution < -0.4 is 0 Å². The molecule has 3 nitrogen and oxygen atoms in total. The fourth-order valence-electron chi connectivity index (χ4n) is 1.81. The molecule has 0 radical (unpaired) electrons. The van der Waals surface area contributed by atoms with E-state index in [4.69, 9.17) is 4.42 Å². The standard InChI is InChI=1S/C14H17NO2/c1-15(10-13-8-5-9-17-13)11-14(16)12-6-3-2-4-7-12/h2-9,14,16H,10-11H2,1H3/t14-/m0/s1. The molecular formula is C14H17NO2. The Morgan fingerprint density at radius 3 is 2.59 bits per heavy atom. The van der Waals surface area contributed by atoms with E-state index in [2.05, 4.69) is 0 Å². The Balaban J connectivity index is 1.88. The molecule has 0 amide bonds. The maximum atomic E-state index is 10.0. The van der Waals surface area contributed by atoms with Gasteiger partial charge < -0.3 is 9.52 Å². The topological polar surface area (TPSA) is 36.6 Å². The molecule has 1 N–H and O–H groups in total. The SMILES string of the molecule is CN(Cc1ccco1)C[C@H](O)c1ccccc1. The Morgan fingerprint density at radius 1 is 1.18 bits per heavy atom. The van der Waals surface area contributed by atoms with Gasteiger partial charge in [0.15, 0.2) is 0 Å². The zero-order chi connectivity index (χ0) is 12.1. The number of aliphatic hydroxyl groups excluding tert-OH is 1. The fraction of sp³-hybridized carbons (Fsp3) is 0.286. The molecule has 1 heterocycles. The van der Waals surface area contributed by atoms with Crippen LogP contribution in [0.4, 0.5) is 0 Å². The highest BCUT2D eigenvalue weighted by molar-refractivity contribution is 5.17. The Morgan fingerprint density at radius 2 is 1.94 bits per heavy atom. The van der Waals surface area contributed by atoms with E-state index in [-0.39, 0.29) is 0 Å². The molecule has 1 atom stereocenters. The fourth-order valence-corrected chi connectivity index (χ4v) is 1.81. The summed E-state index contributed by atoms with van der Waals surface area (Å²) in [4.78, 5) is 2.04. The number of nitrogens with zero attached hydrogens (tertiary/aromatic N) is 1. The van der Waals surface area contributed by atoms with E-state index in [0.717, 1.165) is 11.3 Å². The smallest absolute Gasteiger partial charge is 0.117 e. The minimum atomic E-state index is -0.462. The number of rotatable bonds is 5. The van der Waals surface area contributed by atoms with Crippen LogP contribution in [0.25, 0.3) is 0 Å². The highest BCUT2D eigenvalue weighted by atomic mass is 16.3. The van der Waals surface area contributed by atoms with Crippen LogP contribution in [0.3, 0.4) is 0 Å². The van der Waals surface area contributed by atoms with Crippen molar-refractivity contribution in [2.24, 2.45) is 0 Å². The summed E-state index contributed by atoms with van der Waals surface area (Å²) in [6.45, 7) is 1.29. The lowest BCUT2D eigenvalue weighted by atomic mass is 10.1. The number of furan rings is 1. The van der Waals surface area contributed by atoms with Crippen LogP contribution in [-0.2, 0) is 6.54 Å². The van der Waals surface area contributed by atoms with Crippen molar-refractivity contribution in [2.75, 3.05) is 13.6 Å². The second-order valence-corrected chi connectivity index (χ2v) is 4.20. The van der Waals surface area contributed by atoms with E-state index >= 15 is 0 Å². The Bertz CT molecular complexity index is 425. The first-order chi connectivity index (χ1) is 8.25. The van der Waals surface area contributed by atoms with Crippen LogP contribution in [0, 0.1) is 0 Å². The number of aliphatic hydroxyl groups is 1. The Labute approximate surface area is 101 Å². The van der Waals surface area contributed by atoms with Crippen molar-refractivity contribution in [3.8, 4) is 0 Å². The van der Waals surface area contributed by atoms with E-state index < -0.39 is 6.10 Å². The lowest BCUT2D eigenvalue weighted by Crippen LogP contribution is -2.24. The highest BCUT2D eigenvalue weighted by Crippen LogP contribution is 2.14. The van der Waals surface area contributed by atoms with Crippen molar-refractivity contribution in [1.29, 1.82) is 0 Å². The number of hydrogen-bond donors (Lipinski definition) is 1. The number of benzene rings is 1. The monoisotopic (exact) mass is 231 g/mol. The van der Waals surface area contributed by atoms with Gasteiger partial charge in [-0.1, -0.05) is 30.3 Å². The van der Waals surface area contributed by atoms with Crippen molar-refractivity contribution in [3.63, 3.8) is 0 Å². The van der Waals surface area contributed by atoms with Gasteiger partial charge in [-0.25, -0.2) is 0 Å². The summed E-state index contributed by atoms with van der Waals surface area (Å²) >= 11 is 0. The zero-order valence-corrected chi connectivity index (χ0v) is 9.91. The maximum absolute atomic E-state index is 10.0. The minimum Gasteiger partial charge on any atom is -0.468 e. The van der Waals surface area contributed by atoms with Crippen molar-refractivity contribution >= 4 is 0 Å². The van der Waals surface area contributed by atoms with Crippen LogP contribution in [-0.4, -0.2) is 23.6 Å². The third kappa shape index (κ3) is 3.44. The maximum Gasteiger partial charge on any atom is 0.117 e. The lowest BCUT2D eigenvalue weighted by Gasteiger charge is -2.19. The second-order valence-electron chi connectivity index (χ2n) is 4.20. The molecule has 1 aromatic carbocycles. The summed E-state index contributed by atoms with van der Waals surface area (Å²) in [5.74, 6) is 0.910. The molecule has 0 aliphatic rings. The van der Waals surface area contributed by atoms with Crippen molar-refractivity contribution in [1.82, 2.24) is 4.90 Å². The molecule has 3 heteroatoms. The molecule has 0 fully saturated rings. The third-order valence-electron chi connectivity index (χ3n) is 2.67. The van der Waals surface area contributed by atoms with Gasteiger partial charge in [0.2, 0.25) is 0 Å². The molecule has 0 unspecified atom stereocenters. The number of hydrogen-bond acceptors (Lipinski definition) is 3. The van der Waals surface area contributed by atoms with Crippen molar-refractivity contribution in [2.45, 2.75) is 12.6 Å². The molecule has 2 aromatic rings. The van der Waals surface area contributed by atoms with Gasteiger partial charge in [-0.3, -0.25) is 4.90 Å². The highest BCUT2D eigenvalue weighted by Gasteiger charge is 2.11. The summed E-state index contributed by atoms with van der Waals surface area (Å²) in [5, 5.41) is 10.0. The molecule has 1 aromatic heterocycles. The van der Waals surface area contributed by atoms with Crippen molar-refractivity contribution < 1.29 is 9.52 Å². The molecule has 90 valence electrons. The molecule has 0 aliphatic heterocycles. The Hall–Kier alpha value is -1.58. The van der Waals surface area contributed by atoms with Gasteiger partial charge in [0, 0.05) is 6.54 Å². The minimum absolute atomic E-state index is 0.462. The van der Waals surface area contributed by atoms with E-state index in [1.165, 1.54) is 0 Å². The van der Waals surface area contributed by atoms with Gasteiger partial charge in [-0.2, -0.15) is 0 Å². The van der Waals surface area contributed by atoms with Crippen molar-refractivity contribution in [3.05, 3.63) is 60.1 Å². The summed E-state index contributed by atoms with van der Waals surface area (Å²) in [5.41, 5.74) is 0.943. The third-order valence-corrected chi connectivity index (χ3v) is 2.67. The van der Waals surface area contributed by atoms with E-state index in [1.807, 2.05) is 54.4 Å². The van der Waals surface area contributed by atoms with E-state index in [1.54, 1.807) is 6.26 Å². The average molecular weight is 231 g/mol. The first-order valence-electron chi connectivity index (χ1n) is 5.69. The zero-order valence-electron chi connectivity index (χ0n) is 9.91. The predicted octanol–water partition coefficient (Wildman–Crippen LogP) is 2.45. The van der Waals surface area contributed by atoms with Crippen LogP contribution in [0.2, 0.25) is 0 Å². The van der Waals surface area contributed by atoms with Crippen LogP contribution in [0.5, 0.6) is 0 Å². The molecule has 0 saturated heterocycles. The first-order valence-corrected chi connectivity index (χ1v) is 5.69. The van der Waals surface area contributed by atoms with E-state index in [9.17, 15) is 5.11 Å². The van der Waals surface area contributed by atoms with Gasteiger partial charge in [0.1, 0.15) is 5.76 Å². The molecule has 0 bridgehead atoms. The second kappa shape index (κ2) is 5.66.